The van der Waals surface area contributed by atoms with Crippen molar-refractivity contribution in [3.8, 4) is 5.88 Å². The van der Waals surface area contributed by atoms with Crippen molar-refractivity contribution >= 4 is 18.0 Å². The number of nitrogens with zero attached hydrogens (tertiary/aromatic N) is 2. The molecule has 0 atom stereocenters. The van der Waals surface area contributed by atoms with Crippen LogP contribution in [0, 0.1) is 0 Å². The van der Waals surface area contributed by atoms with E-state index in [2.05, 4.69) is 9.72 Å². The van der Waals surface area contributed by atoms with Gasteiger partial charge in [0.2, 0.25) is 5.88 Å². The third-order valence-electron chi connectivity index (χ3n) is 3.64. The molecule has 5 heterocycles. The maximum Gasteiger partial charge on any atom is 0.421 e. The van der Waals surface area contributed by atoms with Crippen molar-refractivity contribution in [3.05, 3.63) is 22.9 Å². The first-order valence-corrected chi connectivity index (χ1v) is 7.04. The maximum atomic E-state index is 13.2. The Labute approximate surface area is 133 Å². The van der Waals surface area contributed by atoms with Gasteiger partial charge in [-0.15, -0.1) is 0 Å². The average Bonchev–Trinajstić information content (AvgIpc) is 2.51. The number of pyridine rings is 1. The molecule has 0 N–H and O–H groups in total. The molecule has 0 saturated carbocycles. The van der Waals surface area contributed by atoms with E-state index in [1.165, 1.54) is 0 Å². The van der Waals surface area contributed by atoms with Crippen molar-refractivity contribution in [2.24, 2.45) is 0 Å². The van der Waals surface area contributed by atoms with Crippen molar-refractivity contribution < 1.29 is 37.0 Å². The van der Waals surface area contributed by atoms with Gasteiger partial charge in [0.15, 0.2) is 0 Å². The third-order valence-corrected chi connectivity index (χ3v) is 3.64. The minimum absolute atomic E-state index is 0.130. The van der Waals surface area contributed by atoms with E-state index < -0.39 is 48.5 Å². The molecule has 1 aromatic heterocycles. The van der Waals surface area contributed by atoms with E-state index in [0.29, 0.717) is 5.69 Å². The standard InChI is InChI=1S/C14H11F3N2O5/c15-14(16,17)8-5-7-6-19-4-3-9(7)18-12(8)23-10(20)1-2-11(21)24-13(19)22/h5H,1-4,6H2. The molecule has 4 aliphatic heterocycles. The number of esters is 2. The zero-order chi connectivity index (χ0) is 17.5. The van der Waals surface area contributed by atoms with Crippen molar-refractivity contribution in [1.29, 1.82) is 0 Å². The van der Waals surface area contributed by atoms with E-state index in [1.807, 2.05) is 0 Å². The van der Waals surface area contributed by atoms with Crippen LogP contribution in [0.3, 0.4) is 0 Å². The summed E-state index contributed by atoms with van der Waals surface area (Å²) in [6, 6.07) is 0.810. The first-order chi connectivity index (χ1) is 11.2. The van der Waals surface area contributed by atoms with E-state index in [-0.39, 0.29) is 25.1 Å². The molecule has 4 aliphatic rings. The summed E-state index contributed by atoms with van der Waals surface area (Å²) in [5.74, 6) is -2.85. The van der Waals surface area contributed by atoms with Crippen LogP contribution in [-0.4, -0.2) is 34.5 Å². The van der Waals surface area contributed by atoms with E-state index in [0.717, 1.165) is 11.0 Å². The summed E-state index contributed by atoms with van der Waals surface area (Å²) in [6.45, 7) is -0.0450. The monoisotopic (exact) mass is 344 g/mol. The predicted molar refractivity (Wildman–Crippen MR) is 69.7 cm³/mol. The molecule has 7 nitrogen and oxygen atoms in total. The first kappa shape index (κ1) is 16.2. The van der Waals surface area contributed by atoms with Crippen molar-refractivity contribution in [3.63, 3.8) is 0 Å². The number of rotatable bonds is 0. The fourth-order valence-corrected chi connectivity index (χ4v) is 2.47. The van der Waals surface area contributed by atoms with Gasteiger partial charge in [-0.05, 0) is 11.6 Å². The molecule has 0 saturated heterocycles. The molecule has 24 heavy (non-hydrogen) atoms. The van der Waals surface area contributed by atoms with Crippen LogP contribution < -0.4 is 4.74 Å². The molecule has 4 bridgehead atoms. The highest BCUT2D eigenvalue weighted by atomic mass is 19.4. The Kier molecular flexibility index (Phi) is 3.90. The van der Waals surface area contributed by atoms with Gasteiger partial charge in [-0.2, -0.15) is 13.2 Å². The summed E-state index contributed by atoms with van der Waals surface area (Å²) >= 11 is 0. The highest BCUT2D eigenvalue weighted by molar-refractivity contribution is 5.87. The van der Waals surface area contributed by atoms with Gasteiger partial charge in [0.05, 0.1) is 25.1 Å². The number of hydrogen-bond acceptors (Lipinski definition) is 6. The maximum absolute atomic E-state index is 13.2. The fourth-order valence-electron chi connectivity index (χ4n) is 2.47. The lowest BCUT2D eigenvalue weighted by molar-refractivity contribution is -0.146. The van der Waals surface area contributed by atoms with E-state index >= 15 is 0 Å². The van der Waals surface area contributed by atoms with Gasteiger partial charge in [0, 0.05) is 13.0 Å². The van der Waals surface area contributed by atoms with Crippen LogP contribution in [-0.2, 0) is 33.5 Å². The second kappa shape index (κ2) is 5.77. The van der Waals surface area contributed by atoms with Crippen molar-refractivity contribution in [2.45, 2.75) is 32.0 Å². The molecular formula is C14H11F3N2O5. The number of amides is 1. The summed E-state index contributed by atoms with van der Waals surface area (Å²) in [6.07, 6.45) is -6.60. The third kappa shape index (κ3) is 3.17. The summed E-state index contributed by atoms with van der Waals surface area (Å²) < 4.78 is 48.9. The second-order valence-electron chi connectivity index (χ2n) is 5.33. The zero-order valence-corrected chi connectivity index (χ0v) is 12.2. The molecule has 0 aliphatic carbocycles. The van der Waals surface area contributed by atoms with E-state index in [9.17, 15) is 27.6 Å². The summed E-state index contributed by atoms with van der Waals surface area (Å²) in [5, 5.41) is 0. The Hall–Kier alpha value is -2.65. The largest absolute Gasteiger partial charge is 0.421 e. The summed E-state index contributed by atoms with van der Waals surface area (Å²) in [4.78, 5) is 40.0. The molecule has 0 unspecified atom stereocenters. The summed E-state index contributed by atoms with van der Waals surface area (Å²) in [7, 11) is 0. The van der Waals surface area contributed by atoms with Gasteiger partial charge < -0.3 is 14.4 Å². The van der Waals surface area contributed by atoms with Crippen LogP contribution in [0.2, 0.25) is 0 Å². The van der Waals surface area contributed by atoms with Gasteiger partial charge in [0.25, 0.3) is 0 Å². The normalized spacial score (nSPS) is 18.6. The quantitative estimate of drug-likeness (QED) is 0.527. The van der Waals surface area contributed by atoms with Crippen LogP contribution in [0.4, 0.5) is 18.0 Å². The SMILES string of the molecule is O=C1CCC(=O)Oc2nc3c(cc2C(F)(F)F)CN(CC3)C(=O)O1. The zero-order valence-electron chi connectivity index (χ0n) is 12.2. The van der Waals surface area contributed by atoms with Crippen molar-refractivity contribution in [2.75, 3.05) is 6.54 Å². The van der Waals surface area contributed by atoms with Crippen LogP contribution in [0.1, 0.15) is 29.7 Å². The molecule has 1 aromatic rings. The number of ether oxygens (including phenoxy) is 2. The Balaban J connectivity index is 2.08. The van der Waals surface area contributed by atoms with Gasteiger partial charge in [0.1, 0.15) is 5.56 Å². The molecule has 0 radical (unpaired) electrons. The lowest BCUT2D eigenvalue weighted by Gasteiger charge is -2.27. The number of fused-ring (bicyclic) bond motifs is 2. The lowest BCUT2D eigenvalue weighted by Crippen LogP contribution is -2.37. The van der Waals surface area contributed by atoms with Gasteiger partial charge in [-0.25, -0.2) is 9.78 Å². The molecule has 0 aromatic carbocycles. The summed E-state index contributed by atoms with van der Waals surface area (Å²) in [5.41, 5.74) is -0.729. The molecule has 10 heteroatoms. The average molecular weight is 344 g/mol. The van der Waals surface area contributed by atoms with Gasteiger partial charge in [-0.3, -0.25) is 9.59 Å². The number of alkyl halides is 3. The topological polar surface area (TPSA) is 85.8 Å². The molecule has 5 rings (SSSR count). The number of carbonyl (C=O) groups excluding carboxylic acids is 3. The van der Waals surface area contributed by atoms with Gasteiger partial charge >= 0.3 is 24.2 Å². The van der Waals surface area contributed by atoms with Gasteiger partial charge in [-0.1, -0.05) is 0 Å². The number of carbonyl (C=O) groups is 3. The Bertz CT molecular complexity index is 732. The fraction of sp³-hybridized carbons (Fsp3) is 0.429. The highest BCUT2D eigenvalue weighted by Gasteiger charge is 2.38. The lowest BCUT2D eigenvalue weighted by atomic mass is 10.0. The Morgan fingerprint density at radius 3 is 2.38 bits per heavy atom. The molecule has 1 amide bonds. The first-order valence-electron chi connectivity index (χ1n) is 7.04. The van der Waals surface area contributed by atoms with Crippen LogP contribution in [0.15, 0.2) is 6.07 Å². The number of halogens is 3. The number of hydrogen-bond donors (Lipinski definition) is 0. The minimum Gasteiger partial charge on any atom is -0.407 e. The second-order valence-corrected chi connectivity index (χ2v) is 5.33. The van der Waals surface area contributed by atoms with Crippen LogP contribution in [0.5, 0.6) is 5.88 Å². The molecular weight excluding hydrogens is 333 g/mol. The van der Waals surface area contributed by atoms with Crippen molar-refractivity contribution in [1.82, 2.24) is 9.88 Å². The van der Waals surface area contributed by atoms with E-state index in [4.69, 9.17) is 4.74 Å². The highest BCUT2D eigenvalue weighted by Crippen LogP contribution is 2.37. The molecule has 0 spiro atoms. The predicted octanol–water partition coefficient (Wildman–Crippen LogP) is 1.82. The van der Waals surface area contributed by atoms with Crippen LogP contribution in [0.25, 0.3) is 0 Å². The molecule has 0 fully saturated rings. The Morgan fingerprint density at radius 1 is 1.04 bits per heavy atom. The Morgan fingerprint density at radius 2 is 1.71 bits per heavy atom. The smallest absolute Gasteiger partial charge is 0.407 e. The number of aromatic nitrogens is 1. The minimum atomic E-state index is -4.78. The van der Waals surface area contributed by atoms with Crippen LogP contribution >= 0.6 is 0 Å². The molecule has 128 valence electrons. The van der Waals surface area contributed by atoms with E-state index in [1.54, 1.807) is 0 Å².